The highest BCUT2D eigenvalue weighted by Gasteiger charge is 2.43. The number of benzene rings is 6. The molecule has 0 aliphatic rings. The van der Waals surface area contributed by atoms with Gasteiger partial charge in [0.2, 0.25) is 0 Å². The molecule has 0 radical (unpaired) electrons. The molecule has 0 spiro atoms. The average molecular weight is 528 g/mol. The smallest absolute Gasteiger partial charge is 0.184 e. The van der Waals surface area contributed by atoms with Crippen molar-refractivity contribution in [2.24, 2.45) is 0 Å². The second kappa shape index (κ2) is 9.85. The molecule has 0 unspecified atom stereocenters. The van der Waals surface area contributed by atoms with Crippen LogP contribution in [0.3, 0.4) is 0 Å². The summed E-state index contributed by atoms with van der Waals surface area (Å²) in [6, 6.07) is 55.6. The third-order valence-electron chi connectivity index (χ3n) is 7.88. The Morgan fingerprint density at radius 2 is 1.12 bits per heavy atom. The molecule has 0 atom stereocenters. The zero-order chi connectivity index (χ0) is 26.9. The molecule has 0 saturated carbocycles. The summed E-state index contributed by atoms with van der Waals surface area (Å²) < 4.78 is 6.70. The summed E-state index contributed by atoms with van der Waals surface area (Å²) in [4.78, 5) is 0. The van der Waals surface area contributed by atoms with Gasteiger partial charge in [-0.15, -0.1) is 0 Å². The summed E-state index contributed by atoms with van der Waals surface area (Å²) in [5.74, 6) is 0. The van der Waals surface area contributed by atoms with E-state index in [4.69, 9.17) is 4.42 Å². The summed E-state index contributed by atoms with van der Waals surface area (Å²) in [5.41, 5.74) is 4.48. The molecule has 1 heterocycles. The first-order valence-electron chi connectivity index (χ1n) is 13.4. The van der Waals surface area contributed by atoms with Gasteiger partial charge in [-0.1, -0.05) is 140 Å². The summed E-state index contributed by atoms with van der Waals surface area (Å²) >= 11 is 0. The molecule has 0 N–H and O–H groups in total. The van der Waals surface area contributed by atoms with E-state index in [0.29, 0.717) is 5.56 Å². The minimum atomic E-state index is -2.90. The van der Waals surface area contributed by atoms with E-state index in [2.05, 4.69) is 121 Å². The second-order valence-electron chi connectivity index (χ2n) is 10.0. The van der Waals surface area contributed by atoms with Crippen molar-refractivity contribution < 1.29 is 4.42 Å². The van der Waals surface area contributed by atoms with E-state index in [1.807, 2.05) is 36.4 Å². The average Bonchev–Trinajstić information content (AvgIpc) is 3.42. The third kappa shape index (κ3) is 3.70. The van der Waals surface area contributed by atoms with Gasteiger partial charge in [0.15, 0.2) is 8.07 Å². The van der Waals surface area contributed by atoms with Crippen molar-refractivity contribution in [2.75, 3.05) is 0 Å². The number of nitrogens with zero attached hydrogens (tertiary/aromatic N) is 1. The summed E-state index contributed by atoms with van der Waals surface area (Å²) in [6.45, 7) is 0. The summed E-state index contributed by atoms with van der Waals surface area (Å²) in [7, 11) is -2.90. The Bertz CT molecular complexity index is 1980. The van der Waals surface area contributed by atoms with Crippen molar-refractivity contribution in [3.8, 4) is 17.2 Å². The van der Waals surface area contributed by atoms with E-state index in [1.165, 1.54) is 20.7 Å². The topological polar surface area (TPSA) is 36.9 Å². The minimum Gasteiger partial charge on any atom is -0.456 e. The molecule has 6 aromatic carbocycles. The van der Waals surface area contributed by atoms with E-state index < -0.39 is 8.07 Å². The second-order valence-corrected chi connectivity index (χ2v) is 13.8. The van der Waals surface area contributed by atoms with Crippen LogP contribution in [-0.2, 0) is 0 Å². The van der Waals surface area contributed by atoms with E-state index in [9.17, 15) is 5.26 Å². The van der Waals surface area contributed by atoms with Crippen LogP contribution >= 0.6 is 0 Å². The van der Waals surface area contributed by atoms with E-state index >= 15 is 0 Å². The molecule has 7 rings (SSSR count). The van der Waals surface area contributed by atoms with Crippen LogP contribution < -0.4 is 20.7 Å². The van der Waals surface area contributed by atoms with Gasteiger partial charge in [-0.25, -0.2) is 0 Å². The van der Waals surface area contributed by atoms with Crippen LogP contribution in [0.15, 0.2) is 156 Å². The van der Waals surface area contributed by atoms with Gasteiger partial charge < -0.3 is 4.42 Å². The lowest BCUT2D eigenvalue weighted by molar-refractivity contribution is 0.671. The van der Waals surface area contributed by atoms with Crippen LogP contribution in [0.1, 0.15) is 5.56 Å². The molecule has 0 amide bonds. The van der Waals surface area contributed by atoms with Crippen LogP contribution in [0, 0.1) is 11.3 Å². The molecule has 0 aliphatic heterocycles. The van der Waals surface area contributed by atoms with Crippen molar-refractivity contribution in [1.82, 2.24) is 0 Å². The molecule has 1 aromatic heterocycles. The number of furan rings is 1. The molecular weight excluding hydrogens is 502 g/mol. The first-order chi connectivity index (χ1) is 19.8. The van der Waals surface area contributed by atoms with Gasteiger partial charge in [-0.05, 0) is 44.0 Å². The van der Waals surface area contributed by atoms with Crippen LogP contribution in [0.2, 0.25) is 0 Å². The molecule has 40 heavy (non-hydrogen) atoms. The molecule has 3 heteroatoms. The molecular formula is C37H25NOSi. The predicted molar refractivity (Wildman–Crippen MR) is 167 cm³/mol. The fraction of sp³-hybridized carbons (Fsp3) is 0. The van der Waals surface area contributed by atoms with E-state index in [1.54, 1.807) is 0 Å². The summed E-state index contributed by atoms with van der Waals surface area (Å²) in [5, 5.41) is 17.1. The Morgan fingerprint density at radius 3 is 1.88 bits per heavy atom. The molecule has 0 saturated heterocycles. The fourth-order valence-corrected chi connectivity index (χ4v) is 11.0. The van der Waals surface area contributed by atoms with Crippen molar-refractivity contribution in [3.05, 3.63) is 157 Å². The third-order valence-corrected chi connectivity index (χ3v) is 12.7. The lowest BCUT2D eigenvalue weighted by atomic mass is 10.0. The molecule has 2 nitrogen and oxygen atoms in total. The van der Waals surface area contributed by atoms with Gasteiger partial charge in [0.1, 0.15) is 11.2 Å². The first-order valence-corrected chi connectivity index (χ1v) is 15.4. The zero-order valence-electron chi connectivity index (χ0n) is 21.8. The Morgan fingerprint density at radius 1 is 0.525 bits per heavy atom. The molecule has 0 bridgehead atoms. The van der Waals surface area contributed by atoms with Crippen molar-refractivity contribution in [1.29, 1.82) is 5.26 Å². The highest BCUT2D eigenvalue weighted by molar-refractivity contribution is 7.20. The monoisotopic (exact) mass is 527 g/mol. The van der Waals surface area contributed by atoms with Gasteiger partial charge in [-0.3, -0.25) is 0 Å². The van der Waals surface area contributed by atoms with Crippen molar-refractivity contribution >= 4 is 50.8 Å². The molecule has 0 fully saturated rings. The van der Waals surface area contributed by atoms with Crippen LogP contribution in [0.25, 0.3) is 33.1 Å². The van der Waals surface area contributed by atoms with E-state index in [-0.39, 0.29) is 0 Å². The lowest BCUT2D eigenvalue weighted by Gasteiger charge is -2.34. The number of fused-ring (bicyclic) bond motifs is 3. The maximum absolute atomic E-state index is 9.88. The Hall–Kier alpha value is -5.17. The zero-order valence-corrected chi connectivity index (χ0v) is 22.8. The maximum Gasteiger partial charge on any atom is 0.184 e. The number of rotatable bonds is 5. The van der Waals surface area contributed by atoms with Crippen molar-refractivity contribution in [2.45, 2.75) is 0 Å². The van der Waals surface area contributed by atoms with Gasteiger partial charge >= 0.3 is 0 Å². The Balaban J connectivity index is 1.63. The molecule has 188 valence electrons. The quantitative estimate of drug-likeness (QED) is 0.189. The Kier molecular flexibility index (Phi) is 5.89. The predicted octanol–water partition coefficient (Wildman–Crippen LogP) is 6.50. The van der Waals surface area contributed by atoms with Crippen molar-refractivity contribution in [3.63, 3.8) is 0 Å². The van der Waals surface area contributed by atoms with Gasteiger partial charge in [0, 0.05) is 10.8 Å². The van der Waals surface area contributed by atoms with Gasteiger partial charge in [-0.2, -0.15) is 5.26 Å². The van der Waals surface area contributed by atoms with Crippen LogP contribution in [0.4, 0.5) is 0 Å². The standard InChI is InChI=1S/C37H25NOSi/c38-26-28-13-7-8-20-32(28)27-14-11-19-31(25-27)40(29-15-3-1-4-16-29,30-17-5-2-6-18-30)36-24-12-22-34-33-21-9-10-23-35(33)39-37(34)36/h1-25H. The fourth-order valence-electron chi connectivity index (χ4n) is 6.14. The highest BCUT2D eigenvalue weighted by Crippen LogP contribution is 2.29. The van der Waals surface area contributed by atoms with Crippen LogP contribution in [0.5, 0.6) is 0 Å². The normalized spacial score (nSPS) is 11.5. The van der Waals surface area contributed by atoms with Crippen LogP contribution in [-0.4, -0.2) is 8.07 Å². The number of hydrogen-bond donors (Lipinski definition) is 0. The van der Waals surface area contributed by atoms with Gasteiger partial charge in [0.25, 0.3) is 0 Å². The maximum atomic E-state index is 9.88. The molecule has 7 aromatic rings. The van der Waals surface area contributed by atoms with Gasteiger partial charge in [0.05, 0.1) is 11.6 Å². The largest absolute Gasteiger partial charge is 0.456 e. The SMILES string of the molecule is N#Cc1ccccc1-c1cccc([Si](c2ccccc2)(c2ccccc2)c2cccc3c2oc2ccccc23)c1. The summed E-state index contributed by atoms with van der Waals surface area (Å²) in [6.07, 6.45) is 0. The van der Waals surface area contributed by atoms with E-state index in [0.717, 1.165) is 33.1 Å². The minimum absolute atomic E-state index is 0.672. The first kappa shape index (κ1) is 23.9. The number of para-hydroxylation sites is 2. The Labute approximate surface area is 234 Å². The molecule has 0 aliphatic carbocycles. The number of hydrogen-bond acceptors (Lipinski definition) is 2. The highest BCUT2D eigenvalue weighted by atomic mass is 28.3. The lowest BCUT2D eigenvalue weighted by Crippen LogP contribution is -2.74. The number of nitriles is 1.